The van der Waals surface area contributed by atoms with Gasteiger partial charge in [-0.3, -0.25) is 4.79 Å². The molecule has 0 radical (unpaired) electrons. The van der Waals surface area contributed by atoms with Crippen LogP contribution in [0.1, 0.15) is 107 Å². The van der Waals surface area contributed by atoms with Gasteiger partial charge in [0.25, 0.3) is 0 Å². The van der Waals surface area contributed by atoms with Crippen molar-refractivity contribution in [2.45, 2.75) is 96.8 Å². The zero-order valence-electron chi connectivity index (χ0n) is 17.7. The van der Waals surface area contributed by atoms with Crippen LogP contribution in [0.25, 0.3) is 11.0 Å². The molecule has 0 aliphatic carbocycles. The van der Waals surface area contributed by atoms with Crippen molar-refractivity contribution < 1.29 is 4.79 Å². The molecule has 0 amide bonds. The van der Waals surface area contributed by atoms with Gasteiger partial charge < -0.3 is 4.98 Å². The number of para-hydroxylation sites is 2. The molecule has 1 aromatic heterocycles. The first kappa shape index (κ1) is 22.4. The van der Waals surface area contributed by atoms with Crippen LogP contribution >= 0.6 is 0 Å². The lowest BCUT2D eigenvalue weighted by Crippen LogP contribution is -2.01. The van der Waals surface area contributed by atoms with Crippen molar-refractivity contribution in [3.8, 4) is 0 Å². The molecule has 0 unspecified atom stereocenters. The average Bonchev–Trinajstić information content (AvgIpc) is 3.15. The van der Waals surface area contributed by atoms with Gasteiger partial charge in [-0.25, -0.2) is 4.98 Å². The second-order valence-electron chi connectivity index (χ2n) is 7.86. The Hall–Kier alpha value is -1.90. The molecule has 0 saturated carbocycles. The zero-order chi connectivity index (χ0) is 19.9. The highest BCUT2D eigenvalue weighted by molar-refractivity contribution is 5.95. The Labute approximate surface area is 171 Å². The Kier molecular flexibility index (Phi) is 11.3. The molecule has 0 saturated heterocycles. The molecule has 0 atom stereocenters. The van der Waals surface area contributed by atoms with E-state index in [9.17, 15) is 4.79 Å². The van der Waals surface area contributed by atoms with Crippen LogP contribution < -0.4 is 0 Å². The van der Waals surface area contributed by atoms with Gasteiger partial charge in [0.1, 0.15) is 0 Å². The van der Waals surface area contributed by atoms with Crippen molar-refractivity contribution in [3.63, 3.8) is 0 Å². The molecular formula is C25H38N2O. The second kappa shape index (κ2) is 14.1. The highest BCUT2D eigenvalue weighted by Crippen LogP contribution is 2.14. The summed E-state index contributed by atoms with van der Waals surface area (Å²) in [6, 6.07) is 7.80. The molecule has 0 aliphatic rings. The maximum absolute atomic E-state index is 12.2. The summed E-state index contributed by atoms with van der Waals surface area (Å²) in [6.45, 7) is 2.27. The number of benzene rings is 1. The van der Waals surface area contributed by atoms with Crippen molar-refractivity contribution in [1.82, 2.24) is 9.97 Å². The Morgan fingerprint density at radius 2 is 1.46 bits per heavy atom. The van der Waals surface area contributed by atoms with Gasteiger partial charge in [0.15, 0.2) is 11.6 Å². The van der Waals surface area contributed by atoms with E-state index in [-0.39, 0.29) is 5.78 Å². The standard InChI is InChI=1S/C25H38N2O/c1-2-3-4-5-6-7-8-9-10-11-12-13-14-15-16-21-24(28)25-26-22-19-17-18-20-23(22)27-25/h9-10,17-20H,2-8,11-16,21H2,1H3,(H,26,27). The van der Waals surface area contributed by atoms with Gasteiger partial charge in [-0.2, -0.15) is 0 Å². The summed E-state index contributed by atoms with van der Waals surface area (Å²) in [6.07, 6.45) is 21.9. The lowest BCUT2D eigenvalue weighted by atomic mass is 10.1. The predicted octanol–water partition coefficient (Wildman–Crippen LogP) is 7.78. The molecule has 2 rings (SSSR count). The van der Waals surface area contributed by atoms with Crippen LogP contribution in [-0.4, -0.2) is 15.8 Å². The number of H-pyrrole nitrogens is 1. The van der Waals surface area contributed by atoms with E-state index in [4.69, 9.17) is 0 Å². The van der Waals surface area contributed by atoms with Gasteiger partial charge in [-0.1, -0.05) is 82.6 Å². The highest BCUT2D eigenvalue weighted by Gasteiger charge is 2.10. The lowest BCUT2D eigenvalue weighted by molar-refractivity contribution is 0.0970. The molecular weight excluding hydrogens is 344 g/mol. The Balaban J connectivity index is 1.42. The van der Waals surface area contributed by atoms with Gasteiger partial charge in [0.05, 0.1) is 11.0 Å². The summed E-state index contributed by atoms with van der Waals surface area (Å²) >= 11 is 0. The second-order valence-corrected chi connectivity index (χ2v) is 7.86. The van der Waals surface area contributed by atoms with Gasteiger partial charge >= 0.3 is 0 Å². The smallest absolute Gasteiger partial charge is 0.198 e. The number of hydrogen-bond donors (Lipinski definition) is 1. The summed E-state index contributed by atoms with van der Waals surface area (Å²) in [5, 5.41) is 0. The van der Waals surface area contributed by atoms with E-state index in [1.54, 1.807) is 0 Å². The highest BCUT2D eigenvalue weighted by atomic mass is 16.1. The van der Waals surface area contributed by atoms with E-state index in [1.807, 2.05) is 24.3 Å². The fourth-order valence-corrected chi connectivity index (χ4v) is 3.56. The molecule has 1 heterocycles. The quantitative estimate of drug-likeness (QED) is 0.183. The number of carbonyl (C=O) groups excluding carboxylic acids is 1. The summed E-state index contributed by atoms with van der Waals surface area (Å²) < 4.78 is 0. The molecule has 28 heavy (non-hydrogen) atoms. The number of carbonyl (C=O) groups is 1. The number of aromatic nitrogens is 2. The molecule has 154 valence electrons. The molecule has 1 aromatic carbocycles. The van der Waals surface area contributed by atoms with E-state index < -0.39 is 0 Å². The molecule has 0 fully saturated rings. The lowest BCUT2D eigenvalue weighted by Gasteiger charge is -2.00. The summed E-state index contributed by atoms with van der Waals surface area (Å²) in [4.78, 5) is 19.8. The number of nitrogens with one attached hydrogen (secondary N) is 1. The molecule has 2 aromatic rings. The number of Topliss-reactive ketones (excluding diaryl/α,β-unsaturated/α-hetero) is 1. The van der Waals surface area contributed by atoms with Crippen LogP contribution in [-0.2, 0) is 0 Å². The van der Waals surface area contributed by atoms with Crippen LogP contribution in [0.2, 0.25) is 0 Å². The van der Waals surface area contributed by atoms with Crippen molar-refractivity contribution in [1.29, 1.82) is 0 Å². The fraction of sp³-hybridized carbons (Fsp3) is 0.600. The number of ketones is 1. The van der Waals surface area contributed by atoms with Crippen molar-refractivity contribution in [2.24, 2.45) is 0 Å². The Bertz CT molecular complexity index is 668. The zero-order valence-corrected chi connectivity index (χ0v) is 17.7. The van der Waals surface area contributed by atoms with Gasteiger partial charge in [0.2, 0.25) is 0 Å². The number of aromatic amines is 1. The number of unbranched alkanes of at least 4 members (excludes halogenated alkanes) is 11. The minimum absolute atomic E-state index is 0.133. The number of nitrogens with zero attached hydrogens (tertiary/aromatic N) is 1. The topological polar surface area (TPSA) is 45.8 Å². The minimum Gasteiger partial charge on any atom is -0.335 e. The molecule has 0 aliphatic heterocycles. The molecule has 3 nitrogen and oxygen atoms in total. The van der Waals surface area contributed by atoms with E-state index >= 15 is 0 Å². The fourth-order valence-electron chi connectivity index (χ4n) is 3.56. The van der Waals surface area contributed by atoms with Gasteiger partial charge in [-0.15, -0.1) is 0 Å². The van der Waals surface area contributed by atoms with Crippen LogP contribution in [0.4, 0.5) is 0 Å². The third-order valence-corrected chi connectivity index (χ3v) is 5.32. The summed E-state index contributed by atoms with van der Waals surface area (Å²) in [7, 11) is 0. The van der Waals surface area contributed by atoms with E-state index in [0.717, 1.165) is 23.9 Å². The normalized spacial score (nSPS) is 11.6. The monoisotopic (exact) mass is 382 g/mol. The summed E-state index contributed by atoms with van der Waals surface area (Å²) in [5.41, 5.74) is 1.81. The van der Waals surface area contributed by atoms with Crippen molar-refractivity contribution in [2.75, 3.05) is 0 Å². The van der Waals surface area contributed by atoms with Crippen LogP contribution in [0.3, 0.4) is 0 Å². The largest absolute Gasteiger partial charge is 0.335 e. The van der Waals surface area contributed by atoms with Crippen molar-refractivity contribution in [3.05, 3.63) is 42.2 Å². The third kappa shape index (κ3) is 8.86. The number of hydrogen-bond acceptors (Lipinski definition) is 2. The third-order valence-electron chi connectivity index (χ3n) is 5.32. The number of rotatable bonds is 16. The molecule has 0 spiro atoms. The predicted molar refractivity (Wildman–Crippen MR) is 120 cm³/mol. The minimum atomic E-state index is 0.133. The van der Waals surface area contributed by atoms with E-state index in [0.29, 0.717) is 12.2 Å². The maximum atomic E-state index is 12.2. The first-order valence-corrected chi connectivity index (χ1v) is 11.4. The Morgan fingerprint density at radius 3 is 2.14 bits per heavy atom. The molecule has 1 N–H and O–H groups in total. The SMILES string of the molecule is CCCCCCCCC=CCCCCCCCC(=O)c1nc2ccccc2[nH]1. The number of imidazole rings is 1. The summed E-state index contributed by atoms with van der Waals surface area (Å²) in [5.74, 6) is 0.644. The van der Waals surface area contributed by atoms with Crippen molar-refractivity contribution >= 4 is 16.8 Å². The van der Waals surface area contributed by atoms with Crippen LogP contribution in [0.5, 0.6) is 0 Å². The van der Waals surface area contributed by atoms with Gasteiger partial charge in [0, 0.05) is 6.42 Å². The molecule has 3 heteroatoms. The first-order chi connectivity index (χ1) is 13.8. The van der Waals surface area contributed by atoms with Crippen LogP contribution in [0.15, 0.2) is 36.4 Å². The number of allylic oxidation sites excluding steroid dienone is 2. The van der Waals surface area contributed by atoms with Crippen LogP contribution in [0, 0.1) is 0 Å². The maximum Gasteiger partial charge on any atom is 0.198 e. The van der Waals surface area contributed by atoms with E-state index in [2.05, 4.69) is 29.0 Å². The number of fused-ring (bicyclic) bond motifs is 1. The molecule has 0 bridgehead atoms. The average molecular weight is 383 g/mol. The van der Waals surface area contributed by atoms with E-state index in [1.165, 1.54) is 70.6 Å². The van der Waals surface area contributed by atoms with Gasteiger partial charge in [-0.05, 0) is 44.2 Å². The first-order valence-electron chi connectivity index (χ1n) is 11.4. The Morgan fingerprint density at radius 1 is 0.857 bits per heavy atom.